The van der Waals surface area contributed by atoms with E-state index in [0.717, 1.165) is 28.2 Å². The van der Waals surface area contributed by atoms with Crippen molar-refractivity contribution < 1.29 is 14.3 Å². The third-order valence-electron chi connectivity index (χ3n) is 3.58. The number of amides is 1. The fraction of sp³-hybridized carbons (Fsp3) is 0.350. The van der Waals surface area contributed by atoms with Crippen LogP contribution < -0.4 is 14.8 Å². The topological polar surface area (TPSA) is 47.6 Å². The zero-order valence-electron chi connectivity index (χ0n) is 14.8. The van der Waals surface area contributed by atoms with Crippen molar-refractivity contribution in [2.45, 2.75) is 39.8 Å². The molecule has 1 N–H and O–H groups in total. The van der Waals surface area contributed by atoms with Crippen LogP contribution in [-0.2, 0) is 17.8 Å². The average molecular weight is 327 g/mol. The summed E-state index contributed by atoms with van der Waals surface area (Å²) in [6.45, 7) is 6.44. The quantitative estimate of drug-likeness (QED) is 0.844. The molecule has 4 nitrogen and oxygen atoms in total. The molecule has 0 aliphatic rings. The van der Waals surface area contributed by atoms with Gasteiger partial charge in [-0.3, -0.25) is 4.79 Å². The highest BCUT2D eigenvalue weighted by Crippen LogP contribution is 2.19. The number of carbonyl (C=O) groups excluding carboxylic acids is 1. The van der Waals surface area contributed by atoms with E-state index in [4.69, 9.17) is 9.47 Å². The second-order valence-electron chi connectivity index (χ2n) is 6.07. The largest absolute Gasteiger partial charge is 0.496 e. The molecule has 0 bridgehead atoms. The van der Waals surface area contributed by atoms with Crippen LogP contribution in [0.25, 0.3) is 0 Å². The van der Waals surface area contributed by atoms with Gasteiger partial charge in [0.25, 0.3) is 0 Å². The Hall–Kier alpha value is -2.49. The molecule has 1 amide bonds. The molecule has 0 heterocycles. The number of nitrogens with one attached hydrogen (secondary N) is 1. The van der Waals surface area contributed by atoms with Crippen LogP contribution in [-0.4, -0.2) is 19.1 Å². The van der Waals surface area contributed by atoms with Gasteiger partial charge in [-0.25, -0.2) is 0 Å². The van der Waals surface area contributed by atoms with Crippen molar-refractivity contribution >= 4 is 5.91 Å². The van der Waals surface area contributed by atoms with E-state index < -0.39 is 0 Å². The first-order valence-electron chi connectivity index (χ1n) is 8.13. The lowest BCUT2D eigenvalue weighted by Gasteiger charge is -2.11. The molecule has 4 heteroatoms. The highest BCUT2D eigenvalue weighted by atomic mass is 16.5. The lowest BCUT2D eigenvalue weighted by atomic mass is 10.1. The molecule has 0 aliphatic carbocycles. The fourth-order valence-corrected chi connectivity index (χ4v) is 2.50. The third-order valence-corrected chi connectivity index (χ3v) is 3.58. The molecular formula is C20H25NO3. The molecule has 0 saturated heterocycles. The normalized spacial score (nSPS) is 10.5. The van der Waals surface area contributed by atoms with E-state index in [9.17, 15) is 4.79 Å². The summed E-state index contributed by atoms with van der Waals surface area (Å²) >= 11 is 0. The molecule has 0 spiro atoms. The molecule has 0 aromatic heterocycles. The SMILES string of the molecule is COc1ccc(CC(=O)NCc2cccc(OC(C)C)c2)cc1C. The highest BCUT2D eigenvalue weighted by molar-refractivity contribution is 5.78. The van der Waals surface area contributed by atoms with Gasteiger partial charge in [0, 0.05) is 6.54 Å². The lowest BCUT2D eigenvalue weighted by molar-refractivity contribution is -0.120. The van der Waals surface area contributed by atoms with Gasteiger partial charge in [-0.15, -0.1) is 0 Å². The van der Waals surface area contributed by atoms with Crippen molar-refractivity contribution in [3.05, 3.63) is 59.2 Å². The summed E-state index contributed by atoms with van der Waals surface area (Å²) < 4.78 is 10.9. The summed E-state index contributed by atoms with van der Waals surface area (Å²) in [6, 6.07) is 13.6. The molecular weight excluding hydrogens is 302 g/mol. The Morgan fingerprint density at radius 3 is 2.58 bits per heavy atom. The maximum atomic E-state index is 12.1. The first kappa shape index (κ1) is 17.9. The van der Waals surface area contributed by atoms with Gasteiger partial charge in [-0.1, -0.05) is 24.3 Å². The molecule has 2 aromatic rings. The Balaban J connectivity index is 1.90. The van der Waals surface area contributed by atoms with Gasteiger partial charge < -0.3 is 14.8 Å². The Bertz CT molecular complexity index is 695. The molecule has 0 aliphatic heterocycles. The molecule has 128 valence electrons. The highest BCUT2D eigenvalue weighted by Gasteiger charge is 2.06. The van der Waals surface area contributed by atoms with Crippen LogP contribution in [0, 0.1) is 6.92 Å². The monoisotopic (exact) mass is 327 g/mol. The van der Waals surface area contributed by atoms with Crippen LogP contribution in [0.4, 0.5) is 0 Å². The van der Waals surface area contributed by atoms with E-state index in [1.165, 1.54) is 0 Å². The number of hydrogen-bond donors (Lipinski definition) is 1. The second-order valence-corrected chi connectivity index (χ2v) is 6.07. The smallest absolute Gasteiger partial charge is 0.224 e. The molecule has 0 atom stereocenters. The minimum atomic E-state index is -0.00486. The minimum absolute atomic E-state index is 0.00486. The van der Waals surface area contributed by atoms with Crippen molar-refractivity contribution in [3.8, 4) is 11.5 Å². The van der Waals surface area contributed by atoms with Crippen molar-refractivity contribution in [2.75, 3.05) is 7.11 Å². The lowest BCUT2D eigenvalue weighted by Crippen LogP contribution is -2.24. The summed E-state index contributed by atoms with van der Waals surface area (Å²) in [4.78, 5) is 12.1. The van der Waals surface area contributed by atoms with Gasteiger partial charge >= 0.3 is 0 Å². The Morgan fingerprint density at radius 2 is 1.92 bits per heavy atom. The molecule has 2 aromatic carbocycles. The van der Waals surface area contributed by atoms with E-state index in [0.29, 0.717) is 13.0 Å². The molecule has 0 fully saturated rings. The number of ether oxygens (including phenoxy) is 2. The fourth-order valence-electron chi connectivity index (χ4n) is 2.50. The van der Waals surface area contributed by atoms with Gasteiger partial charge in [0.15, 0.2) is 0 Å². The Kier molecular flexibility index (Phi) is 6.24. The van der Waals surface area contributed by atoms with Crippen molar-refractivity contribution in [1.82, 2.24) is 5.32 Å². The van der Waals surface area contributed by atoms with Crippen LogP contribution in [0.1, 0.15) is 30.5 Å². The van der Waals surface area contributed by atoms with Crippen LogP contribution in [0.3, 0.4) is 0 Å². The predicted molar refractivity (Wildman–Crippen MR) is 95.5 cm³/mol. The van der Waals surface area contributed by atoms with Crippen LogP contribution >= 0.6 is 0 Å². The summed E-state index contributed by atoms with van der Waals surface area (Å²) in [5.41, 5.74) is 3.02. The number of methoxy groups -OCH3 is 1. The standard InChI is InChI=1S/C20H25NO3/c1-14(2)24-18-7-5-6-17(11-18)13-21-20(22)12-16-8-9-19(23-4)15(3)10-16/h5-11,14H,12-13H2,1-4H3,(H,21,22). The van der Waals surface area contributed by atoms with Crippen LogP contribution in [0.15, 0.2) is 42.5 Å². The van der Waals surface area contributed by atoms with E-state index in [2.05, 4.69) is 5.32 Å². The molecule has 2 rings (SSSR count). The summed E-state index contributed by atoms with van der Waals surface area (Å²) in [7, 11) is 1.64. The first-order valence-corrected chi connectivity index (χ1v) is 8.13. The van der Waals surface area contributed by atoms with Gasteiger partial charge in [0.05, 0.1) is 19.6 Å². The second kappa shape index (κ2) is 8.39. The number of benzene rings is 2. The van der Waals surface area contributed by atoms with Crippen molar-refractivity contribution in [1.29, 1.82) is 0 Å². The van der Waals surface area contributed by atoms with Gasteiger partial charge in [0.2, 0.25) is 5.91 Å². The maximum absolute atomic E-state index is 12.1. The van der Waals surface area contributed by atoms with E-state index in [1.54, 1.807) is 7.11 Å². The Labute approximate surface area is 143 Å². The summed E-state index contributed by atoms with van der Waals surface area (Å²) in [6.07, 6.45) is 0.487. The summed E-state index contributed by atoms with van der Waals surface area (Å²) in [5, 5.41) is 2.95. The van der Waals surface area contributed by atoms with Crippen LogP contribution in [0.5, 0.6) is 11.5 Å². The molecule has 24 heavy (non-hydrogen) atoms. The molecule has 0 saturated carbocycles. The molecule has 0 unspecified atom stereocenters. The van der Waals surface area contributed by atoms with E-state index in [1.807, 2.05) is 63.2 Å². The minimum Gasteiger partial charge on any atom is -0.496 e. The first-order chi connectivity index (χ1) is 11.5. The van der Waals surface area contributed by atoms with Crippen LogP contribution in [0.2, 0.25) is 0 Å². The third kappa shape index (κ3) is 5.30. The Morgan fingerprint density at radius 1 is 1.12 bits per heavy atom. The number of hydrogen-bond acceptors (Lipinski definition) is 3. The predicted octanol–water partition coefficient (Wildman–Crippen LogP) is 3.65. The van der Waals surface area contributed by atoms with Crippen molar-refractivity contribution in [3.63, 3.8) is 0 Å². The van der Waals surface area contributed by atoms with E-state index >= 15 is 0 Å². The number of carbonyl (C=O) groups is 1. The average Bonchev–Trinajstić information content (AvgIpc) is 2.53. The zero-order valence-corrected chi connectivity index (χ0v) is 14.8. The van der Waals surface area contributed by atoms with Gasteiger partial charge in [-0.2, -0.15) is 0 Å². The van der Waals surface area contributed by atoms with E-state index in [-0.39, 0.29) is 12.0 Å². The number of aryl methyl sites for hydroxylation is 1. The van der Waals surface area contributed by atoms with Gasteiger partial charge in [0.1, 0.15) is 11.5 Å². The summed E-state index contributed by atoms with van der Waals surface area (Å²) in [5.74, 6) is 1.65. The van der Waals surface area contributed by atoms with Crippen molar-refractivity contribution in [2.24, 2.45) is 0 Å². The van der Waals surface area contributed by atoms with Gasteiger partial charge in [-0.05, 0) is 55.7 Å². The zero-order chi connectivity index (χ0) is 17.5. The number of rotatable bonds is 7. The molecule has 0 radical (unpaired) electrons. The maximum Gasteiger partial charge on any atom is 0.224 e.